The lowest BCUT2D eigenvalue weighted by atomic mass is 10.2. The first kappa shape index (κ1) is 10.7. The Hall–Kier alpha value is -1.42. The van der Waals surface area contributed by atoms with Gasteiger partial charge >= 0.3 is 0 Å². The molecule has 0 aromatic heterocycles. The van der Waals surface area contributed by atoms with E-state index >= 15 is 0 Å². The van der Waals surface area contributed by atoms with Crippen molar-refractivity contribution in [1.82, 2.24) is 0 Å². The van der Waals surface area contributed by atoms with E-state index in [1.165, 1.54) is 37.1 Å². The van der Waals surface area contributed by atoms with E-state index in [0.717, 1.165) is 0 Å². The molecule has 1 rings (SSSR count). The summed E-state index contributed by atoms with van der Waals surface area (Å²) in [5.41, 5.74) is 0.427. The van der Waals surface area contributed by atoms with Crippen LogP contribution in [0.25, 0.3) is 0 Å². The fourth-order valence-electron chi connectivity index (χ4n) is 1.09. The second-order valence-corrected chi connectivity index (χ2v) is 3.05. The van der Waals surface area contributed by atoms with Gasteiger partial charge in [0.1, 0.15) is 11.9 Å². The molecule has 0 saturated carbocycles. The van der Waals surface area contributed by atoms with Crippen molar-refractivity contribution in [3.8, 4) is 0 Å². The van der Waals surface area contributed by atoms with Crippen molar-refractivity contribution in [2.75, 3.05) is 11.9 Å². The monoisotopic (exact) mass is 197 g/mol. The molecule has 0 aliphatic carbocycles. The number of carbonyl (C=O) groups is 1. The molecule has 14 heavy (non-hydrogen) atoms. The Morgan fingerprint density at radius 3 is 2.71 bits per heavy atom. The molecule has 3 nitrogen and oxygen atoms in total. The Morgan fingerprint density at radius 2 is 2.21 bits per heavy atom. The number of amides is 1. The molecule has 0 heterocycles. The van der Waals surface area contributed by atoms with Gasteiger partial charge in [0.2, 0.25) is 0 Å². The van der Waals surface area contributed by atoms with Crippen LogP contribution in [-0.2, 0) is 4.79 Å². The normalized spacial score (nSPS) is 12.3. The lowest BCUT2D eigenvalue weighted by molar-refractivity contribution is -0.125. The molecule has 76 valence electrons. The molecule has 0 aliphatic heterocycles. The van der Waals surface area contributed by atoms with Crippen LogP contribution in [0.2, 0.25) is 0 Å². The highest BCUT2D eigenvalue weighted by Crippen LogP contribution is 2.14. The number of hydrogen-bond donors (Lipinski definition) is 1. The van der Waals surface area contributed by atoms with Crippen molar-refractivity contribution in [3.05, 3.63) is 30.1 Å². The van der Waals surface area contributed by atoms with Gasteiger partial charge in [-0.2, -0.15) is 0 Å². The fourth-order valence-corrected chi connectivity index (χ4v) is 1.09. The van der Waals surface area contributed by atoms with Crippen molar-refractivity contribution in [2.45, 2.75) is 13.0 Å². The second-order valence-electron chi connectivity index (χ2n) is 3.05. The molecule has 0 saturated heterocycles. The first-order chi connectivity index (χ1) is 6.52. The van der Waals surface area contributed by atoms with Crippen LogP contribution in [0, 0.1) is 5.82 Å². The molecule has 1 atom stereocenters. The van der Waals surface area contributed by atoms with E-state index in [0.29, 0.717) is 5.69 Å². The quantitative estimate of drug-likeness (QED) is 0.773. The van der Waals surface area contributed by atoms with Gasteiger partial charge in [0.25, 0.3) is 5.91 Å². The maximum absolute atomic E-state index is 12.8. The molecule has 0 aliphatic rings. The van der Waals surface area contributed by atoms with Crippen LogP contribution in [0.5, 0.6) is 0 Å². The van der Waals surface area contributed by atoms with Gasteiger partial charge < -0.3 is 10.0 Å². The van der Waals surface area contributed by atoms with Crippen LogP contribution in [0.1, 0.15) is 6.92 Å². The van der Waals surface area contributed by atoms with Crippen molar-refractivity contribution >= 4 is 11.6 Å². The maximum Gasteiger partial charge on any atom is 0.255 e. The van der Waals surface area contributed by atoms with E-state index in [1.807, 2.05) is 0 Å². The SMILES string of the molecule is CC(O)C(=O)N(C)c1cccc(F)c1. The Kier molecular flexibility index (Phi) is 3.19. The Bertz CT molecular complexity index is 339. The summed E-state index contributed by atoms with van der Waals surface area (Å²) < 4.78 is 12.8. The summed E-state index contributed by atoms with van der Waals surface area (Å²) in [4.78, 5) is 12.5. The second kappa shape index (κ2) is 4.19. The van der Waals surface area contributed by atoms with Gasteiger partial charge in [-0.1, -0.05) is 6.07 Å². The van der Waals surface area contributed by atoms with Crippen molar-refractivity contribution in [2.24, 2.45) is 0 Å². The van der Waals surface area contributed by atoms with Gasteiger partial charge in [-0.3, -0.25) is 4.79 Å². The zero-order valence-electron chi connectivity index (χ0n) is 8.07. The summed E-state index contributed by atoms with van der Waals surface area (Å²) in [6, 6.07) is 5.64. The number of halogens is 1. The number of benzene rings is 1. The molecule has 1 aromatic carbocycles. The van der Waals surface area contributed by atoms with E-state index < -0.39 is 17.8 Å². The third-order valence-electron chi connectivity index (χ3n) is 1.88. The number of rotatable bonds is 2. The van der Waals surface area contributed by atoms with Gasteiger partial charge in [-0.25, -0.2) is 4.39 Å². The molecule has 1 amide bonds. The number of hydrogen-bond acceptors (Lipinski definition) is 2. The number of likely N-dealkylation sites (N-methyl/N-ethyl adjacent to an activating group) is 1. The molecule has 0 bridgehead atoms. The van der Waals surface area contributed by atoms with Crippen molar-refractivity contribution < 1.29 is 14.3 Å². The van der Waals surface area contributed by atoms with Gasteiger partial charge in [0, 0.05) is 12.7 Å². The topological polar surface area (TPSA) is 40.5 Å². The predicted octanol–water partition coefficient (Wildman–Crippen LogP) is 1.17. The lowest BCUT2D eigenvalue weighted by Crippen LogP contribution is -2.34. The van der Waals surface area contributed by atoms with Gasteiger partial charge in [0.05, 0.1) is 0 Å². The first-order valence-corrected chi connectivity index (χ1v) is 4.23. The third-order valence-corrected chi connectivity index (χ3v) is 1.88. The van der Waals surface area contributed by atoms with Crippen LogP contribution >= 0.6 is 0 Å². The van der Waals surface area contributed by atoms with E-state index in [4.69, 9.17) is 5.11 Å². The summed E-state index contributed by atoms with van der Waals surface area (Å²) in [7, 11) is 1.49. The number of anilines is 1. The van der Waals surface area contributed by atoms with E-state index in [-0.39, 0.29) is 0 Å². The van der Waals surface area contributed by atoms with E-state index in [9.17, 15) is 9.18 Å². The minimum absolute atomic E-state index is 0.409. The molecule has 1 N–H and O–H groups in total. The lowest BCUT2D eigenvalue weighted by Gasteiger charge is -2.18. The molecular formula is C10H12FNO2. The summed E-state index contributed by atoms with van der Waals surface area (Å²) in [5, 5.41) is 9.04. The molecule has 1 aromatic rings. The van der Waals surface area contributed by atoms with Gasteiger partial charge in [-0.05, 0) is 25.1 Å². The third kappa shape index (κ3) is 2.29. The molecule has 4 heteroatoms. The van der Waals surface area contributed by atoms with E-state index in [2.05, 4.69) is 0 Å². The standard InChI is InChI=1S/C10H12FNO2/c1-7(13)10(14)12(2)9-5-3-4-8(11)6-9/h3-7,13H,1-2H3. The average molecular weight is 197 g/mol. The zero-order valence-corrected chi connectivity index (χ0v) is 8.07. The Labute approximate surface area is 81.8 Å². The Morgan fingerprint density at radius 1 is 1.57 bits per heavy atom. The number of aliphatic hydroxyl groups excluding tert-OH is 1. The first-order valence-electron chi connectivity index (χ1n) is 4.23. The molecule has 0 radical (unpaired) electrons. The molecule has 0 spiro atoms. The van der Waals surface area contributed by atoms with Crippen molar-refractivity contribution in [1.29, 1.82) is 0 Å². The number of carbonyl (C=O) groups excluding carboxylic acids is 1. The highest BCUT2D eigenvalue weighted by atomic mass is 19.1. The summed E-state index contributed by atoms with van der Waals surface area (Å²) in [5.74, 6) is -0.872. The minimum atomic E-state index is -1.08. The van der Waals surface area contributed by atoms with Gasteiger partial charge in [-0.15, -0.1) is 0 Å². The number of nitrogens with zero attached hydrogens (tertiary/aromatic N) is 1. The Balaban J connectivity index is 2.89. The summed E-state index contributed by atoms with van der Waals surface area (Å²) in [6.07, 6.45) is -1.08. The maximum atomic E-state index is 12.8. The highest BCUT2D eigenvalue weighted by Gasteiger charge is 2.15. The van der Waals surface area contributed by atoms with Gasteiger partial charge in [0.15, 0.2) is 0 Å². The summed E-state index contributed by atoms with van der Waals surface area (Å²) in [6.45, 7) is 1.37. The highest BCUT2D eigenvalue weighted by molar-refractivity contribution is 5.95. The van der Waals surface area contributed by atoms with Crippen LogP contribution in [0.15, 0.2) is 24.3 Å². The van der Waals surface area contributed by atoms with Crippen LogP contribution in [-0.4, -0.2) is 24.2 Å². The smallest absolute Gasteiger partial charge is 0.255 e. The molecule has 0 fully saturated rings. The van der Waals surface area contributed by atoms with Crippen LogP contribution in [0.4, 0.5) is 10.1 Å². The zero-order chi connectivity index (χ0) is 10.7. The van der Waals surface area contributed by atoms with Crippen molar-refractivity contribution in [3.63, 3.8) is 0 Å². The fraction of sp³-hybridized carbons (Fsp3) is 0.300. The largest absolute Gasteiger partial charge is 0.384 e. The predicted molar refractivity (Wildman–Crippen MR) is 51.5 cm³/mol. The molecular weight excluding hydrogens is 185 g/mol. The number of aliphatic hydroxyl groups is 1. The molecule has 1 unspecified atom stereocenters. The van der Waals surface area contributed by atoms with Crippen LogP contribution in [0.3, 0.4) is 0 Å². The van der Waals surface area contributed by atoms with E-state index in [1.54, 1.807) is 6.07 Å². The van der Waals surface area contributed by atoms with Crippen LogP contribution < -0.4 is 4.90 Å². The summed E-state index contributed by atoms with van der Waals surface area (Å²) >= 11 is 0. The minimum Gasteiger partial charge on any atom is -0.384 e. The average Bonchev–Trinajstić information content (AvgIpc) is 2.15.